The summed E-state index contributed by atoms with van der Waals surface area (Å²) in [5.41, 5.74) is 1.97. The molecule has 1 atom stereocenters. The molecule has 0 aliphatic carbocycles. The lowest BCUT2D eigenvalue weighted by Gasteiger charge is -2.24. The van der Waals surface area contributed by atoms with Gasteiger partial charge in [0.25, 0.3) is 0 Å². The summed E-state index contributed by atoms with van der Waals surface area (Å²) in [5, 5.41) is 3.08. The van der Waals surface area contributed by atoms with Gasteiger partial charge >= 0.3 is 0 Å². The third kappa shape index (κ3) is 3.55. The quantitative estimate of drug-likeness (QED) is 0.890. The third-order valence-corrected chi connectivity index (χ3v) is 5.45. The van der Waals surface area contributed by atoms with Crippen molar-refractivity contribution in [3.8, 4) is 0 Å². The van der Waals surface area contributed by atoms with Crippen molar-refractivity contribution in [1.82, 2.24) is 9.62 Å². The first-order valence-electron chi connectivity index (χ1n) is 6.72. The number of likely N-dealkylation sites (N-methyl/N-ethyl adjacent to an activating group) is 1. The van der Waals surface area contributed by atoms with Gasteiger partial charge in [-0.05, 0) is 32.4 Å². The second-order valence-electron chi connectivity index (χ2n) is 5.21. The third-order valence-electron chi connectivity index (χ3n) is 3.55. The Balaban J connectivity index is 2.14. The van der Waals surface area contributed by atoms with Crippen molar-refractivity contribution in [2.24, 2.45) is 0 Å². The van der Waals surface area contributed by atoms with Crippen LogP contribution in [0.25, 0.3) is 0 Å². The summed E-state index contributed by atoms with van der Waals surface area (Å²) in [6.07, 6.45) is 1.91. The molecule has 1 fully saturated rings. The van der Waals surface area contributed by atoms with E-state index in [9.17, 15) is 8.42 Å². The van der Waals surface area contributed by atoms with Crippen LogP contribution in [0.1, 0.15) is 24.0 Å². The van der Waals surface area contributed by atoms with Crippen LogP contribution in [-0.4, -0.2) is 38.9 Å². The molecule has 0 bridgehead atoms. The summed E-state index contributed by atoms with van der Waals surface area (Å²) >= 11 is 0. The van der Waals surface area contributed by atoms with E-state index in [2.05, 4.69) is 5.32 Å². The number of aryl methyl sites for hydroxylation is 1. The SMILES string of the molecule is CNCC1CCCN1S(=O)(=O)Cc1cccc(C)c1. The second kappa shape index (κ2) is 6.03. The molecular formula is C14H22N2O2S. The summed E-state index contributed by atoms with van der Waals surface area (Å²) in [5.74, 6) is 0.106. The Morgan fingerprint density at radius 3 is 2.89 bits per heavy atom. The van der Waals surface area contributed by atoms with Gasteiger partial charge in [0.05, 0.1) is 5.75 Å². The van der Waals surface area contributed by atoms with Gasteiger partial charge in [-0.1, -0.05) is 29.8 Å². The first-order valence-corrected chi connectivity index (χ1v) is 8.33. The molecular weight excluding hydrogens is 260 g/mol. The standard InChI is InChI=1S/C14H22N2O2S/c1-12-5-3-6-13(9-12)11-19(17,18)16-8-4-7-14(16)10-15-2/h3,5-6,9,14-15H,4,7-8,10-11H2,1-2H3. The van der Waals surface area contributed by atoms with Crippen LogP contribution in [0.4, 0.5) is 0 Å². The Morgan fingerprint density at radius 2 is 2.21 bits per heavy atom. The van der Waals surface area contributed by atoms with E-state index in [-0.39, 0.29) is 11.8 Å². The number of benzene rings is 1. The fraction of sp³-hybridized carbons (Fsp3) is 0.571. The molecule has 1 heterocycles. The van der Waals surface area contributed by atoms with Crippen LogP contribution in [0.5, 0.6) is 0 Å². The summed E-state index contributed by atoms with van der Waals surface area (Å²) in [6.45, 7) is 3.36. The van der Waals surface area contributed by atoms with Crippen LogP contribution >= 0.6 is 0 Å². The van der Waals surface area contributed by atoms with Crippen molar-refractivity contribution < 1.29 is 8.42 Å². The van der Waals surface area contributed by atoms with E-state index in [0.717, 1.165) is 30.5 Å². The highest BCUT2D eigenvalue weighted by atomic mass is 32.2. The Hall–Kier alpha value is -0.910. The zero-order valence-corrected chi connectivity index (χ0v) is 12.4. The van der Waals surface area contributed by atoms with Crippen molar-refractivity contribution in [3.05, 3.63) is 35.4 Å². The van der Waals surface area contributed by atoms with E-state index in [1.54, 1.807) is 4.31 Å². The number of sulfonamides is 1. The van der Waals surface area contributed by atoms with E-state index < -0.39 is 10.0 Å². The van der Waals surface area contributed by atoms with Crippen LogP contribution in [0.15, 0.2) is 24.3 Å². The van der Waals surface area contributed by atoms with Crippen molar-refractivity contribution in [1.29, 1.82) is 0 Å². The van der Waals surface area contributed by atoms with Crippen molar-refractivity contribution in [2.75, 3.05) is 20.1 Å². The topological polar surface area (TPSA) is 49.4 Å². The van der Waals surface area contributed by atoms with Gasteiger partial charge in [0.1, 0.15) is 0 Å². The largest absolute Gasteiger partial charge is 0.318 e. The van der Waals surface area contributed by atoms with Crippen LogP contribution in [0.2, 0.25) is 0 Å². The molecule has 1 aliphatic heterocycles. The van der Waals surface area contributed by atoms with Gasteiger partial charge in [0.2, 0.25) is 10.0 Å². The Labute approximate surface area is 115 Å². The second-order valence-corrected chi connectivity index (χ2v) is 7.13. The molecule has 1 unspecified atom stereocenters. The molecule has 1 N–H and O–H groups in total. The van der Waals surface area contributed by atoms with Crippen LogP contribution in [-0.2, 0) is 15.8 Å². The van der Waals surface area contributed by atoms with E-state index in [4.69, 9.17) is 0 Å². The van der Waals surface area contributed by atoms with Crippen molar-refractivity contribution in [2.45, 2.75) is 31.6 Å². The zero-order chi connectivity index (χ0) is 13.9. The van der Waals surface area contributed by atoms with E-state index in [0.29, 0.717) is 6.54 Å². The molecule has 1 aromatic rings. The van der Waals surface area contributed by atoms with Gasteiger partial charge in [-0.15, -0.1) is 0 Å². The van der Waals surface area contributed by atoms with Gasteiger partial charge in [-0.3, -0.25) is 0 Å². The van der Waals surface area contributed by atoms with Gasteiger partial charge < -0.3 is 5.32 Å². The summed E-state index contributed by atoms with van der Waals surface area (Å²) < 4.78 is 26.7. The number of rotatable bonds is 5. The number of nitrogens with one attached hydrogen (secondary N) is 1. The Bertz CT molecular complexity index is 528. The molecule has 4 nitrogen and oxygen atoms in total. The lowest BCUT2D eigenvalue weighted by Crippen LogP contribution is -2.41. The fourth-order valence-electron chi connectivity index (χ4n) is 2.71. The molecule has 5 heteroatoms. The Kier molecular flexibility index (Phi) is 4.60. The maximum Gasteiger partial charge on any atom is 0.218 e. The molecule has 0 aromatic heterocycles. The number of hydrogen-bond acceptors (Lipinski definition) is 3. The van der Waals surface area contributed by atoms with Gasteiger partial charge in [0, 0.05) is 19.1 Å². The highest BCUT2D eigenvalue weighted by Crippen LogP contribution is 2.23. The smallest absolute Gasteiger partial charge is 0.218 e. The summed E-state index contributed by atoms with van der Waals surface area (Å²) in [4.78, 5) is 0. The highest BCUT2D eigenvalue weighted by molar-refractivity contribution is 7.88. The average molecular weight is 282 g/mol. The predicted molar refractivity (Wildman–Crippen MR) is 77.5 cm³/mol. The minimum atomic E-state index is -3.21. The summed E-state index contributed by atoms with van der Waals surface area (Å²) in [6, 6.07) is 7.83. The fourth-order valence-corrected chi connectivity index (χ4v) is 4.52. The van der Waals surface area contributed by atoms with E-state index in [1.807, 2.05) is 38.2 Å². The predicted octanol–water partition coefficient (Wildman–Crippen LogP) is 1.51. The zero-order valence-electron chi connectivity index (χ0n) is 11.6. The van der Waals surface area contributed by atoms with Crippen LogP contribution in [0.3, 0.4) is 0 Å². The lowest BCUT2D eigenvalue weighted by molar-refractivity contribution is 0.378. The molecule has 0 saturated carbocycles. The maximum absolute atomic E-state index is 12.5. The minimum Gasteiger partial charge on any atom is -0.318 e. The van der Waals surface area contributed by atoms with Gasteiger partial charge in [-0.25, -0.2) is 8.42 Å². The van der Waals surface area contributed by atoms with Crippen LogP contribution in [0, 0.1) is 6.92 Å². The normalized spacial score (nSPS) is 20.8. The van der Waals surface area contributed by atoms with Gasteiger partial charge in [-0.2, -0.15) is 4.31 Å². The highest BCUT2D eigenvalue weighted by Gasteiger charge is 2.33. The molecule has 2 rings (SSSR count). The Morgan fingerprint density at radius 1 is 1.42 bits per heavy atom. The molecule has 0 spiro atoms. The first-order chi connectivity index (χ1) is 9.03. The minimum absolute atomic E-state index is 0.106. The molecule has 1 aliphatic rings. The molecule has 106 valence electrons. The first kappa shape index (κ1) is 14.5. The molecule has 0 radical (unpaired) electrons. The molecule has 1 saturated heterocycles. The van der Waals surface area contributed by atoms with Crippen molar-refractivity contribution in [3.63, 3.8) is 0 Å². The van der Waals surface area contributed by atoms with Crippen molar-refractivity contribution >= 4 is 10.0 Å². The molecule has 0 amide bonds. The lowest BCUT2D eigenvalue weighted by atomic mass is 10.2. The monoisotopic (exact) mass is 282 g/mol. The van der Waals surface area contributed by atoms with Gasteiger partial charge in [0.15, 0.2) is 0 Å². The van der Waals surface area contributed by atoms with E-state index in [1.165, 1.54) is 0 Å². The number of nitrogens with zero attached hydrogens (tertiary/aromatic N) is 1. The number of hydrogen-bond donors (Lipinski definition) is 1. The maximum atomic E-state index is 12.5. The molecule has 19 heavy (non-hydrogen) atoms. The van der Waals surface area contributed by atoms with Crippen LogP contribution < -0.4 is 5.32 Å². The summed E-state index contributed by atoms with van der Waals surface area (Å²) in [7, 11) is -1.34. The average Bonchev–Trinajstić information content (AvgIpc) is 2.78. The molecule has 1 aromatic carbocycles. The van der Waals surface area contributed by atoms with E-state index >= 15 is 0 Å².